The van der Waals surface area contributed by atoms with Gasteiger partial charge in [0.1, 0.15) is 5.01 Å². The van der Waals surface area contributed by atoms with Crippen LogP contribution >= 0.6 is 27.3 Å². The van der Waals surface area contributed by atoms with Crippen molar-refractivity contribution in [2.45, 2.75) is 19.9 Å². The monoisotopic (exact) mass is 337 g/mol. The highest BCUT2D eigenvalue weighted by Gasteiger charge is 2.12. The van der Waals surface area contributed by atoms with Crippen molar-refractivity contribution in [3.63, 3.8) is 0 Å². The van der Waals surface area contributed by atoms with Crippen molar-refractivity contribution in [2.75, 3.05) is 5.32 Å². The first-order chi connectivity index (χ1) is 9.11. The lowest BCUT2D eigenvalue weighted by atomic mass is 10.3. The first-order valence-electron chi connectivity index (χ1n) is 5.82. The van der Waals surface area contributed by atoms with E-state index in [2.05, 4.69) is 43.2 Å². The van der Waals surface area contributed by atoms with Crippen LogP contribution in [0.25, 0.3) is 5.65 Å². The van der Waals surface area contributed by atoms with Gasteiger partial charge in [-0.2, -0.15) is 4.98 Å². The van der Waals surface area contributed by atoms with Crippen LogP contribution in [0.15, 0.2) is 28.2 Å². The van der Waals surface area contributed by atoms with E-state index in [1.54, 1.807) is 15.9 Å². The maximum absolute atomic E-state index is 4.46. The summed E-state index contributed by atoms with van der Waals surface area (Å²) in [7, 11) is 0. The number of hydrogen-bond donors (Lipinski definition) is 1. The highest BCUT2D eigenvalue weighted by molar-refractivity contribution is 9.10. The Morgan fingerprint density at radius 3 is 2.95 bits per heavy atom. The topological polar surface area (TPSA) is 55.1 Å². The van der Waals surface area contributed by atoms with Gasteiger partial charge in [-0.15, -0.1) is 16.4 Å². The molecule has 5 nitrogen and oxygen atoms in total. The van der Waals surface area contributed by atoms with Crippen LogP contribution in [0, 0.1) is 6.92 Å². The van der Waals surface area contributed by atoms with Crippen LogP contribution in [-0.2, 0) is 0 Å². The van der Waals surface area contributed by atoms with Gasteiger partial charge in [0.25, 0.3) is 0 Å². The molecule has 0 amide bonds. The number of aryl methyl sites for hydroxylation is 1. The summed E-state index contributed by atoms with van der Waals surface area (Å²) >= 11 is 5.06. The van der Waals surface area contributed by atoms with Crippen molar-refractivity contribution < 1.29 is 0 Å². The number of pyridine rings is 1. The summed E-state index contributed by atoms with van der Waals surface area (Å²) in [5.41, 5.74) is 1.86. The molecule has 3 rings (SSSR count). The van der Waals surface area contributed by atoms with Crippen LogP contribution in [0.1, 0.15) is 23.7 Å². The first kappa shape index (κ1) is 12.6. The number of aromatic nitrogens is 4. The number of nitrogens with one attached hydrogen (secondary N) is 1. The fourth-order valence-corrected chi connectivity index (χ4v) is 2.88. The van der Waals surface area contributed by atoms with Crippen LogP contribution in [0.2, 0.25) is 0 Å². The molecule has 0 spiro atoms. The first-order valence-corrected chi connectivity index (χ1v) is 7.49. The Kier molecular flexibility index (Phi) is 3.24. The number of nitrogens with zero attached hydrogens (tertiary/aromatic N) is 4. The third kappa shape index (κ3) is 2.62. The second-order valence-corrected chi connectivity index (χ2v) is 6.08. The maximum Gasteiger partial charge on any atom is 0.243 e. The molecule has 3 aromatic rings. The van der Waals surface area contributed by atoms with Crippen LogP contribution < -0.4 is 5.32 Å². The van der Waals surface area contributed by atoms with Gasteiger partial charge in [0.2, 0.25) is 5.95 Å². The number of halogens is 1. The van der Waals surface area contributed by atoms with Crippen molar-refractivity contribution in [3.05, 3.63) is 38.9 Å². The third-order valence-electron chi connectivity index (χ3n) is 2.65. The van der Waals surface area contributed by atoms with E-state index in [-0.39, 0.29) is 6.04 Å². The minimum absolute atomic E-state index is 0.0968. The van der Waals surface area contributed by atoms with E-state index >= 15 is 0 Å². The van der Waals surface area contributed by atoms with E-state index in [0.29, 0.717) is 5.95 Å². The zero-order valence-electron chi connectivity index (χ0n) is 10.5. The van der Waals surface area contributed by atoms with Crippen LogP contribution in [-0.4, -0.2) is 19.6 Å². The van der Waals surface area contributed by atoms with Gasteiger partial charge in [0.15, 0.2) is 5.65 Å². The maximum atomic E-state index is 4.46. The summed E-state index contributed by atoms with van der Waals surface area (Å²) in [6, 6.07) is 3.96. The Hall–Kier alpha value is -1.47. The van der Waals surface area contributed by atoms with E-state index in [0.717, 1.165) is 20.8 Å². The molecular formula is C12H12BrN5S. The normalized spacial score (nSPS) is 12.8. The third-order valence-corrected chi connectivity index (χ3v) is 4.26. The fourth-order valence-electron chi connectivity index (χ4n) is 1.75. The molecule has 0 radical (unpaired) electrons. The van der Waals surface area contributed by atoms with E-state index < -0.39 is 0 Å². The average Bonchev–Trinajstić information content (AvgIpc) is 2.94. The summed E-state index contributed by atoms with van der Waals surface area (Å²) in [6.45, 7) is 4.05. The van der Waals surface area contributed by atoms with Gasteiger partial charge in [-0.3, -0.25) is 0 Å². The molecule has 1 atom stereocenters. The van der Waals surface area contributed by atoms with E-state index in [9.17, 15) is 0 Å². The quantitative estimate of drug-likeness (QED) is 0.795. The minimum Gasteiger partial charge on any atom is -0.344 e. The molecule has 0 aliphatic rings. The number of thiazole rings is 1. The Balaban J connectivity index is 1.85. The second-order valence-electron chi connectivity index (χ2n) is 4.28. The Morgan fingerprint density at radius 1 is 1.37 bits per heavy atom. The standard InChI is InChI=1S/C12H12BrN5S/c1-7-6-19-11(14-7)8(2)15-12-16-10-4-3-9(13)5-18(10)17-12/h3-6,8H,1-2H3,(H,15,17). The van der Waals surface area contributed by atoms with Crippen molar-refractivity contribution in [1.82, 2.24) is 19.6 Å². The van der Waals surface area contributed by atoms with Gasteiger partial charge >= 0.3 is 0 Å². The minimum atomic E-state index is 0.0968. The molecule has 0 fully saturated rings. The summed E-state index contributed by atoms with van der Waals surface area (Å²) in [5.74, 6) is 0.610. The predicted molar refractivity (Wildman–Crippen MR) is 79.6 cm³/mol. The molecule has 0 aliphatic heterocycles. The molecule has 0 aromatic carbocycles. The molecule has 0 aliphatic carbocycles. The highest BCUT2D eigenvalue weighted by Crippen LogP contribution is 2.21. The van der Waals surface area contributed by atoms with E-state index in [1.807, 2.05) is 30.6 Å². The Labute approximate surface area is 122 Å². The molecule has 19 heavy (non-hydrogen) atoms. The molecule has 0 saturated carbocycles. The van der Waals surface area contributed by atoms with Crippen molar-refractivity contribution in [3.8, 4) is 0 Å². The zero-order chi connectivity index (χ0) is 13.4. The molecule has 1 unspecified atom stereocenters. The van der Waals surface area contributed by atoms with Crippen LogP contribution in [0.3, 0.4) is 0 Å². The predicted octanol–water partition coefficient (Wildman–Crippen LogP) is 3.43. The van der Waals surface area contributed by atoms with Gasteiger partial charge in [-0.25, -0.2) is 9.50 Å². The van der Waals surface area contributed by atoms with Gasteiger partial charge in [0.05, 0.1) is 6.04 Å². The van der Waals surface area contributed by atoms with E-state index in [4.69, 9.17) is 0 Å². The number of anilines is 1. The second kappa shape index (κ2) is 4.90. The van der Waals surface area contributed by atoms with Crippen molar-refractivity contribution in [1.29, 1.82) is 0 Å². The number of fused-ring (bicyclic) bond motifs is 1. The van der Waals surface area contributed by atoms with Gasteiger partial charge in [-0.1, -0.05) is 0 Å². The lowest BCUT2D eigenvalue weighted by Crippen LogP contribution is -2.07. The van der Waals surface area contributed by atoms with Crippen LogP contribution in [0.4, 0.5) is 5.95 Å². The lowest BCUT2D eigenvalue weighted by molar-refractivity contribution is 0.837. The highest BCUT2D eigenvalue weighted by atomic mass is 79.9. The molecule has 3 heterocycles. The summed E-state index contributed by atoms with van der Waals surface area (Å²) < 4.78 is 2.71. The molecule has 3 aromatic heterocycles. The van der Waals surface area contributed by atoms with Crippen molar-refractivity contribution in [2.24, 2.45) is 0 Å². The fraction of sp³-hybridized carbons (Fsp3) is 0.250. The lowest BCUT2D eigenvalue weighted by Gasteiger charge is -2.08. The molecule has 1 N–H and O–H groups in total. The largest absolute Gasteiger partial charge is 0.344 e. The van der Waals surface area contributed by atoms with Crippen molar-refractivity contribution >= 4 is 38.9 Å². The summed E-state index contributed by atoms with van der Waals surface area (Å²) in [5, 5.41) is 10.7. The van der Waals surface area contributed by atoms with Crippen LogP contribution in [0.5, 0.6) is 0 Å². The summed E-state index contributed by atoms with van der Waals surface area (Å²) in [4.78, 5) is 8.88. The van der Waals surface area contributed by atoms with E-state index in [1.165, 1.54) is 0 Å². The zero-order valence-corrected chi connectivity index (χ0v) is 12.9. The smallest absolute Gasteiger partial charge is 0.243 e. The van der Waals surface area contributed by atoms with Gasteiger partial charge in [0, 0.05) is 21.7 Å². The molecule has 7 heteroatoms. The molecular weight excluding hydrogens is 326 g/mol. The number of rotatable bonds is 3. The summed E-state index contributed by atoms with van der Waals surface area (Å²) in [6.07, 6.45) is 1.88. The molecule has 0 saturated heterocycles. The Morgan fingerprint density at radius 2 is 2.21 bits per heavy atom. The molecule has 0 bridgehead atoms. The van der Waals surface area contributed by atoms with Gasteiger partial charge in [-0.05, 0) is 41.9 Å². The molecule has 98 valence electrons. The number of hydrogen-bond acceptors (Lipinski definition) is 5. The Bertz CT molecular complexity index is 720. The average molecular weight is 338 g/mol. The SMILES string of the molecule is Cc1csc(C(C)Nc2nc3ccc(Br)cn3n2)n1. The van der Waals surface area contributed by atoms with Gasteiger partial charge < -0.3 is 5.32 Å².